The Labute approximate surface area is 170 Å². The van der Waals surface area contributed by atoms with Gasteiger partial charge in [0.25, 0.3) is 11.8 Å². The summed E-state index contributed by atoms with van der Waals surface area (Å²) >= 11 is 0. The summed E-state index contributed by atoms with van der Waals surface area (Å²) in [6.45, 7) is 6.03. The third-order valence-electron chi connectivity index (χ3n) is 5.65. The average molecular weight is 392 g/mol. The molecule has 0 radical (unpaired) electrons. The Morgan fingerprint density at radius 2 is 1.52 bits per heavy atom. The van der Waals surface area contributed by atoms with Crippen LogP contribution in [0.3, 0.4) is 0 Å². The van der Waals surface area contributed by atoms with Crippen molar-refractivity contribution in [2.75, 3.05) is 13.1 Å². The molecule has 2 heterocycles. The minimum Gasteiger partial charge on any atom is -0.366 e. The molecular formula is C24H25FN2O2. The summed E-state index contributed by atoms with van der Waals surface area (Å²) in [5, 5.41) is 0. The number of benzene rings is 2. The summed E-state index contributed by atoms with van der Waals surface area (Å²) in [5.74, 6) is 0.0217. The van der Waals surface area contributed by atoms with E-state index in [4.69, 9.17) is 0 Å². The van der Waals surface area contributed by atoms with Crippen LogP contribution < -0.4 is 0 Å². The first-order chi connectivity index (χ1) is 13.9. The van der Waals surface area contributed by atoms with Crippen LogP contribution in [0.4, 0.5) is 4.39 Å². The van der Waals surface area contributed by atoms with Crippen molar-refractivity contribution in [1.29, 1.82) is 0 Å². The number of nitrogens with zero attached hydrogens (tertiary/aromatic N) is 2. The number of halogens is 1. The molecule has 4 nitrogen and oxygen atoms in total. The highest BCUT2D eigenvalue weighted by Crippen LogP contribution is 2.35. The first-order valence-electron chi connectivity index (χ1n) is 10.1. The zero-order valence-electron chi connectivity index (χ0n) is 16.8. The van der Waals surface area contributed by atoms with Gasteiger partial charge in [0.1, 0.15) is 11.5 Å². The van der Waals surface area contributed by atoms with E-state index in [1.807, 2.05) is 30.3 Å². The normalized spacial score (nSPS) is 22.6. The van der Waals surface area contributed by atoms with E-state index in [2.05, 4.69) is 18.7 Å². The van der Waals surface area contributed by atoms with Gasteiger partial charge in [-0.25, -0.2) is 4.39 Å². The van der Waals surface area contributed by atoms with E-state index in [1.165, 1.54) is 17.0 Å². The molecule has 0 N–H and O–H groups in total. The fraction of sp³-hybridized carbons (Fsp3) is 0.333. The molecule has 0 bridgehead atoms. The van der Waals surface area contributed by atoms with Crippen molar-refractivity contribution < 1.29 is 14.0 Å². The summed E-state index contributed by atoms with van der Waals surface area (Å²) in [6.07, 6.45) is 1.12. The van der Waals surface area contributed by atoms with Gasteiger partial charge < -0.3 is 4.90 Å². The largest absolute Gasteiger partial charge is 0.366 e. The van der Waals surface area contributed by atoms with Crippen molar-refractivity contribution in [3.8, 4) is 0 Å². The molecule has 4 rings (SSSR count). The highest BCUT2D eigenvalue weighted by atomic mass is 19.1. The van der Waals surface area contributed by atoms with Crippen molar-refractivity contribution in [1.82, 2.24) is 9.80 Å². The maximum absolute atomic E-state index is 13.4. The van der Waals surface area contributed by atoms with Gasteiger partial charge in [-0.05, 0) is 41.5 Å². The molecule has 29 heavy (non-hydrogen) atoms. The molecular weight excluding hydrogens is 367 g/mol. The minimum absolute atomic E-state index is 0.136. The number of carbonyl (C=O) groups is 2. The molecule has 1 saturated heterocycles. The van der Waals surface area contributed by atoms with Crippen LogP contribution in [0.15, 0.2) is 60.3 Å². The zero-order chi connectivity index (χ0) is 20.5. The lowest BCUT2D eigenvalue weighted by Gasteiger charge is -2.37. The smallest absolute Gasteiger partial charge is 0.278 e. The van der Waals surface area contributed by atoms with Crippen LogP contribution in [-0.4, -0.2) is 34.7 Å². The van der Waals surface area contributed by atoms with Gasteiger partial charge in [0.15, 0.2) is 0 Å². The standard InChI is InChI=1S/C24H25FN2O2/c1-16-12-17(2)14-26(13-16)22-21(19-6-4-3-5-7-19)23(28)27(24(22)29)15-18-8-10-20(25)11-9-18/h3-11,16-17H,12-15H2,1-2H3. The number of amides is 2. The highest BCUT2D eigenvalue weighted by Gasteiger charge is 2.42. The molecule has 0 aliphatic carbocycles. The van der Waals surface area contributed by atoms with Crippen LogP contribution >= 0.6 is 0 Å². The minimum atomic E-state index is -0.340. The first-order valence-corrected chi connectivity index (χ1v) is 10.1. The molecule has 2 aliphatic rings. The lowest BCUT2D eigenvalue weighted by molar-refractivity contribution is -0.138. The van der Waals surface area contributed by atoms with Crippen LogP contribution in [0, 0.1) is 17.7 Å². The Hall–Kier alpha value is -2.95. The number of imide groups is 1. The molecule has 0 saturated carbocycles. The third-order valence-corrected chi connectivity index (χ3v) is 5.65. The predicted octanol–water partition coefficient (Wildman–Crippen LogP) is 4.08. The third kappa shape index (κ3) is 3.82. The van der Waals surface area contributed by atoms with E-state index in [1.54, 1.807) is 12.1 Å². The topological polar surface area (TPSA) is 40.6 Å². The Balaban J connectivity index is 1.73. The second-order valence-corrected chi connectivity index (χ2v) is 8.26. The van der Waals surface area contributed by atoms with Crippen molar-refractivity contribution in [3.63, 3.8) is 0 Å². The number of hydrogen-bond donors (Lipinski definition) is 0. The van der Waals surface area contributed by atoms with Crippen molar-refractivity contribution in [2.24, 2.45) is 11.8 Å². The summed E-state index contributed by atoms with van der Waals surface area (Å²) in [5.41, 5.74) is 2.45. The van der Waals surface area contributed by atoms with Gasteiger partial charge in [0.2, 0.25) is 0 Å². The molecule has 2 aromatic rings. The molecule has 2 aliphatic heterocycles. The zero-order valence-corrected chi connectivity index (χ0v) is 16.8. The summed E-state index contributed by atoms with van der Waals surface area (Å²) in [6, 6.07) is 15.3. The molecule has 2 amide bonds. The molecule has 0 spiro atoms. The van der Waals surface area contributed by atoms with Gasteiger partial charge in [-0.15, -0.1) is 0 Å². The number of rotatable bonds is 4. The van der Waals surface area contributed by atoms with E-state index in [0.29, 0.717) is 23.1 Å². The Bertz CT molecular complexity index is 943. The number of hydrogen-bond acceptors (Lipinski definition) is 3. The fourth-order valence-corrected chi connectivity index (χ4v) is 4.48. The summed E-state index contributed by atoms with van der Waals surface area (Å²) in [7, 11) is 0. The molecule has 0 aromatic heterocycles. The van der Waals surface area contributed by atoms with E-state index < -0.39 is 0 Å². The molecule has 5 heteroatoms. The predicted molar refractivity (Wildman–Crippen MR) is 110 cm³/mol. The van der Waals surface area contributed by atoms with Gasteiger partial charge in [-0.2, -0.15) is 0 Å². The lowest BCUT2D eigenvalue weighted by Crippen LogP contribution is -2.41. The lowest BCUT2D eigenvalue weighted by atomic mass is 9.91. The molecule has 150 valence electrons. The molecule has 1 fully saturated rings. The van der Waals surface area contributed by atoms with Crippen LogP contribution in [0.2, 0.25) is 0 Å². The van der Waals surface area contributed by atoms with Crippen molar-refractivity contribution in [3.05, 3.63) is 77.2 Å². The van der Waals surface area contributed by atoms with Gasteiger partial charge in [-0.3, -0.25) is 14.5 Å². The SMILES string of the molecule is CC1CC(C)CN(C2=C(c3ccccc3)C(=O)N(Cc3ccc(F)cc3)C2=O)C1. The van der Waals surface area contributed by atoms with E-state index in [-0.39, 0.29) is 24.2 Å². The quantitative estimate of drug-likeness (QED) is 0.736. The second-order valence-electron chi connectivity index (χ2n) is 8.26. The fourth-order valence-electron chi connectivity index (χ4n) is 4.48. The Morgan fingerprint density at radius 1 is 0.897 bits per heavy atom. The number of piperidine rings is 1. The average Bonchev–Trinajstić information content (AvgIpc) is 2.94. The Kier molecular flexibility index (Phi) is 5.22. The number of likely N-dealkylation sites (tertiary alicyclic amines) is 1. The second kappa shape index (κ2) is 7.82. The van der Waals surface area contributed by atoms with E-state index in [0.717, 1.165) is 30.6 Å². The Morgan fingerprint density at radius 3 is 2.14 bits per heavy atom. The van der Waals surface area contributed by atoms with Crippen LogP contribution in [0.5, 0.6) is 0 Å². The highest BCUT2D eigenvalue weighted by molar-refractivity contribution is 6.35. The molecule has 2 aromatic carbocycles. The van der Waals surface area contributed by atoms with Crippen LogP contribution in [0.25, 0.3) is 5.57 Å². The molecule has 2 unspecified atom stereocenters. The van der Waals surface area contributed by atoms with Gasteiger partial charge in [0.05, 0.1) is 12.1 Å². The van der Waals surface area contributed by atoms with Crippen molar-refractivity contribution in [2.45, 2.75) is 26.8 Å². The first kappa shape index (κ1) is 19.4. The maximum Gasteiger partial charge on any atom is 0.278 e. The van der Waals surface area contributed by atoms with Gasteiger partial charge in [-0.1, -0.05) is 56.3 Å². The maximum atomic E-state index is 13.4. The van der Waals surface area contributed by atoms with E-state index in [9.17, 15) is 14.0 Å². The van der Waals surface area contributed by atoms with Crippen LogP contribution in [0.1, 0.15) is 31.4 Å². The summed E-state index contributed by atoms with van der Waals surface area (Å²) in [4.78, 5) is 30.1. The van der Waals surface area contributed by atoms with Crippen molar-refractivity contribution >= 4 is 17.4 Å². The van der Waals surface area contributed by atoms with E-state index >= 15 is 0 Å². The van der Waals surface area contributed by atoms with Gasteiger partial charge in [0, 0.05) is 13.1 Å². The molecule has 2 atom stereocenters. The monoisotopic (exact) mass is 392 g/mol. The number of carbonyl (C=O) groups excluding carboxylic acids is 2. The van der Waals surface area contributed by atoms with Gasteiger partial charge >= 0.3 is 0 Å². The van der Waals surface area contributed by atoms with Crippen LogP contribution in [-0.2, 0) is 16.1 Å². The summed E-state index contributed by atoms with van der Waals surface area (Å²) < 4.78 is 13.3.